The summed E-state index contributed by atoms with van der Waals surface area (Å²) in [5, 5.41) is 4.55. The highest BCUT2D eigenvalue weighted by Crippen LogP contribution is 2.24. The molecule has 0 aliphatic carbocycles. The number of halogens is 2. The molecule has 0 amide bonds. The zero-order valence-electron chi connectivity index (χ0n) is 12.9. The first-order valence-corrected chi connectivity index (χ1v) is 9.53. The van der Waals surface area contributed by atoms with Gasteiger partial charge in [-0.3, -0.25) is 0 Å². The number of nitrogens with zero attached hydrogens (tertiary/aromatic N) is 3. The van der Waals surface area contributed by atoms with Gasteiger partial charge in [0.05, 0.1) is 21.5 Å². The molecule has 0 radical (unpaired) electrons. The third-order valence-corrected chi connectivity index (χ3v) is 5.64. The standard InChI is InChI=1S/C16H14Cl2N4O2S/c17-15-6-5-14(7-16(15)18)25(23,24)21-8-12-1-3-13(4-2-12)9-22-11-19-10-20-22/h1-7,10-11,21H,8-9H2. The van der Waals surface area contributed by atoms with Crippen molar-refractivity contribution in [3.63, 3.8) is 0 Å². The van der Waals surface area contributed by atoms with E-state index in [1.165, 1.54) is 24.5 Å². The maximum Gasteiger partial charge on any atom is 0.240 e. The summed E-state index contributed by atoms with van der Waals surface area (Å²) < 4.78 is 28.9. The van der Waals surface area contributed by atoms with Crippen LogP contribution in [0.5, 0.6) is 0 Å². The van der Waals surface area contributed by atoms with Crippen molar-refractivity contribution in [3.8, 4) is 0 Å². The number of hydrogen-bond acceptors (Lipinski definition) is 4. The predicted molar refractivity (Wildman–Crippen MR) is 96.1 cm³/mol. The average molecular weight is 397 g/mol. The van der Waals surface area contributed by atoms with Gasteiger partial charge >= 0.3 is 0 Å². The van der Waals surface area contributed by atoms with Crippen LogP contribution in [0.1, 0.15) is 11.1 Å². The maximum absolute atomic E-state index is 12.3. The van der Waals surface area contributed by atoms with Crippen molar-refractivity contribution in [3.05, 3.63) is 76.3 Å². The Morgan fingerprint density at radius 3 is 2.36 bits per heavy atom. The first-order chi connectivity index (χ1) is 11.9. The third-order valence-electron chi connectivity index (χ3n) is 3.50. The molecule has 0 aliphatic heterocycles. The third kappa shape index (κ3) is 4.58. The van der Waals surface area contributed by atoms with Gasteiger partial charge in [0.25, 0.3) is 0 Å². The molecule has 3 aromatic rings. The smallest absolute Gasteiger partial charge is 0.240 e. The first kappa shape index (κ1) is 17.9. The molecule has 130 valence electrons. The molecular formula is C16H14Cl2N4O2S. The molecule has 1 heterocycles. The van der Waals surface area contributed by atoms with Crippen molar-refractivity contribution < 1.29 is 8.42 Å². The summed E-state index contributed by atoms with van der Waals surface area (Å²) in [5.41, 5.74) is 1.88. The fourth-order valence-electron chi connectivity index (χ4n) is 2.17. The lowest BCUT2D eigenvalue weighted by Crippen LogP contribution is -2.23. The Labute approximate surface area is 155 Å². The highest BCUT2D eigenvalue weighted by Gasteiger charge is 2.15. The number of aromatic nitrogens is 3. The Morgan fingerprint density at radius 1 is 1.00 bits per heavy atom. The molecule has 3 rings (SSSR count). The second kappa shape index (κ2) is 7.53. The first-order valence-electron chi connectivity index (χ1n) is 7.29. The summed E-state index contributed by atoms with van der Waals surface area (Å²) in [4.78, 5) is 3.96. The minimum Gasteiger partial charge on any atom is -0.249 e. The van der Waals surface area contributed by atoms with Crippen molar-refractivity contribution in [2.24, 2.45) is 0 Å². The second-order valence-corrected chi connectivity index (χ2v) is 7.89. The minimum absolute atomic E-state index is 0.0738. The van der Waals surface area contributed by atoms with Crippen LogP contribution in [0.15, 0.2) is 60.0 Å². The summed E-state index contributed by atoms with van der Waals surface area (Å²) in [6.45, 7) is 0.779. The quantitative estimate of drug-likeness (QED) is 0.694. The predicted octanol–water partition coefficient (Wildman–Crippen LogP) is 3.11. The molecule has 2 aromatic carbocycles. The molecular weight excluding hydrogens is 383 g/mol. The lowest BCUT2D eigenvalue weighted by atomic mass is 10.1. The van der Waals surface area contributed by atoms with Crippen molar-refractivity contribution in [1.82, 2.24) is 19.5 Å². The summed E-state index contributed by atoms with van der Waals surface area (Å²) in [5.74, 6) is 0. The number of hydrogen-bond donors (Lipinski definition) is 1. The van der Waals surface area contributed by atoms with Crippen LogP contribution in [0, 0.1) is 0 Å². The highest BCUT2D eigenvalue weighted by molar-refractivity contribution is 7.89. The fourth-order valence-corrected chi connectivity index (χ4v) is 3.58. The Morgan fingerprint density at radius 2 is 1.72 bits per heavy atom. The Balaban J connectivity index is 1.65. The van der Waals surface area contributed by atoms with E-state index in [2.05, 4.69) is 14.8 Å². The van der Waals surface area contributed by atoms with Gasteiger partial charge in [0, 0.05) is 6.54 Å². The highest BCUT2D eigenvalue weighted by atomic mass is 35.5. The minimum atomic E-state index is -3.66. The molecule has 1 N–H and O–H groups in total. The van der Waals surface area contributed by atoms with Gasteiger partial charge in [-0.2, -0.15) is 5.10 Å². The van der Waals surface area contributed by atoms with Gasteiger partial charge in [-0.1, -0.05) is 47.5 Å². The van der Waals surface area contributed by atoms with E-state index in [-0.39, 0.29) is 16.5 Å². The monoisotopic (exact) mass is 396 g/mol. The van der Waals surface area contributed by atoms with Crippen LogP contribution >= 0.6 is 23.2 Å². The molecule has 1 aromatic heterocycles. The van der Waals surface area contributed by atoms with Crippen LogP contribution in [0.3, 0.4) is 0 Å². The topological polar surface area (TPSA) is 76.9 Å². The molecule has 0 atom stereocenters. The van der Waals surface area contributed by atoms with Gasteiger partial charge in [-0.25, -0.2) is 22.8 Å². The Kier molecular flexibility index (Phi) is 5.39. The molecule has 0 saturated carbocycles. The normalized spacial score (nSPS) is 11.6. The molecule has 25 heavy (non-hydrogen) atoms. The van der Waals surface area contributed by atoms with Crippen LogP contribution in [0.2, 0.25) is 10.0 Å². The fraction of sp³-hybridized carbons (Fsp3) is 0.125. The van der Waals surface area contributed by atoms with E-state index in [0.29, 0.717) is 11.6 Å². The van der Waals surface area contributed by atoms with Crippen molar-refractivity contribution in [2.75, 3.05) is 0 Å². The molecule has 0 bridgehead atoms. The summed E-state index contributed by atoms with van der Waals surface area (Å²) in [6.07, 6.45) is 3.12. The molecule has 0 aliphatic rings. The number of rotatable bonds is 6. The van der Waals surface area contributed by atoms with Crippen LogP contribution < -0.4 is 4.72 Å². The molecule has 0 unspecified atom stereocenters. The molecule has 0 saturated heterocycles. The molecule has 6 nitrogen and oxygen atoms in total. The molecule has 0 fully saturated rings. The van der Waals surface area contributed by atoms with Gasteiger partial charge in [-0.15, -0.1) is 0 Å². The van der Waals surface area contributed by atoms with E-state index < -0.39 is 10.0 Å². The maximum atomic E-state index is 12.3. The van der Waals surface area contributed by atoms with Gasteiger partial charge in [0.15, 0.2) is 0 Å². The summed E-state index contributed by atoms with van der Waals surface area (Å²) in [7, 11) is -3.66. The summed E-state index contributed by atoms with van der Waals surface area (Å²) in [6, 6.07) is 11.8. The number of benzene rings is 2. The van der Waals surface area contributed by atoms with Gasteiger partial charge in [0.1, 0.15) is 12.7 Å². The van der Waals surface area contributed by atoms with E-state index in [1.807, 2.05) is 24.3 Å². The van der Waals surface area contributed by atoms with E-state index in [0.717, 1.165) is 11.1 Å². The average Bonchev–Trinajstić information content (AvgIpc) is 3.10. The van der Waals surface area contributed by atoms with Gasteiger partial charge in [-0.05, 0) is 29.3 Å². The molecule has 9 heteroatoms. The van der Waals surface area contributed by atoms with Crippen LogP contribution in [-0.4, -0.2) is 23.2 Å². The molecule has 0 spiro atoms. The van der Waals surface area contributed by atoms with Crippen molar-refractivity contribution in [1.29, 1.82) is 0 Å². The summed E-state index contributed by atoms with van der Waals surface area (Å²) >= 11 is 11.7. The van der Waals surface area contributed by atoms with Crippen LogP contribution in [-0.2, 0) is 23.1 Å². The number of nitrogens with one attached hydrogen (secondary N) is 1. The van der Waals surface area contributed by atoms with Crippen molar-refractivity contribution in [2.45, 2.75) is 18.0 Å². The van der Waals surface area contributed by atoms with E-state index in [9.17, 15) is 8.42 Å². The zero-order chi connectivity index (χ0) is 17.9. The SMILES string of the molecule is O=S(=O)(NCc1ccc(Cn2cncn2)cc1)c1ccc(Cl)c(Cl)c1. The lowest BCUT2D eigenvalue weighted by Gasteiger charge is -2.08. The van der Waals surface area contributed by atoms with Crippen LogP contribution in [0.25, 0.3) is 0 Å². The second-order valence-electron chi connectivity index (χ2n) is 5.31. The van der Waals surface area contributed by atoms with Crippen molar-refractivity contribution >= 4 is 33.2 Å². The zero-order valence-corrected chi connectivity index (χ0v) is 15.3. The Hall–Kier alpha value is -1.93. The largest absolute Gasteiger partial charge is 0.249 e. The van der Waals surface area contributed by atoms with Gasteiger partial charge in [0.2, 0.25) is 10.0 Å². The number of sulfonamides is 1. The van der Waals surface area contributed by atoms with E-state index in [1.54, 1.807) is 11.0 Å². The Bertz CT molecular complexity index is 958. The van der Waals surface area contributed by atoms with Gasteiger partial charge < -0.3 is 0 Å². The lowest BCUT2D eigenvalue weighted by molar-refractivity contribution is 0.581. The van der Waals surface area contributed by atoms with E-state index in [4.69, 9.17) is 23.2 Å². The van der Waals surface area contributed by atoms with E-state index >= 15 is 0 Å². The van der Waals surface area contributed by atoms with Crippen LogP contribution in [0.4, 0.5) is 0 Å².